The van der Waals surface area contributed by atoms with E-state index in [1.54, 1.807) is 12.1 Å². The maximum atomic E-state index is 12.1. The van der Waals surface area contributed by atoms with Gasteiger partial charge in [-0.2, -0.15) is 11.8 Å². The number of thioether (sulfide) groups is 1. The van der Waals surface area contributed by atoms with E-state index < -0.39 is 10.0 Å². The van der Waals surface area contributed by atoms with Gasteiger partial charge in [0.25, 0.3) is 0 Å². The van der Waals surface area contributed by atoms with Crippen LogP contribution in [-0.4, -0.2) is 31.1 Å². The summed E-state index contributed by atoms with van der Waals surface area (Å²) in [5.41, 5.74) is 0.710. The van der Waals surface area contributed by atoms with Crippen LogP contribution in [0.3, 0.4) is 0 Å². The average molecular weight is 301 g/mol. The van der Waals surface area contributed by atoms with Gasteiger partial charge in [-0.15, -0.1) is 0 Å². The molecule has 1 heterocycles. The topological polar surface area (TPSA) is 66.4 Å². The Morgan fingerprint density at radius 2 is 2.00 bits per heavy atom. The second-order valence-corrected chi connectivity index (χ2v) is 7.82. The number of aliphatic hydroxyl groups excluding tert-OH is 1. The van der Waals surface area contributed by atoms with Gasteiger partial charge in [-0.05, 0) is 36.3 Å². The first-order chi connectivity index (χ1) is 9.12. The Kier molecular flexibility index (Phi) is 5.27. The molecule has 1 aliphatic rings. The second kappa shape index (κ2) is 6.74. The number of nitrogens with one attached hydrogen (secondary N) is 1. The van der Waals surface area contributed by atoms with E-state index in [-0.39, 0.29) is 11.5 Å². The van der Waals surface area contributed by atoms with Crippen molar-refractivity contribution in [2.75, 3.05) is 12.3 Å². The van der Waals surface area contributed by atoms with Crippen LogP contribution in [0.4, 0.5) is 0 Å². The molecule has 2 N–H and O–H groups in total. The monoisotopic (exact) mass is 301 g/mol. The molecule has 1 saturated heterocycles. The fourth-order valence-electron chi connectivity index (χ4n) is 2.03. The van der Waals surface area contributed by atoms with Crippen molar-refractivity contribution in [3.05, 3.63) is 29.8 Å². The van der Waals surface area contributed by atoms with Crippen molar-refractivity contribution in [1.29, 1.82) is 0 Å². The lowest BCUT2D eigenvalue weighted by Gasteiger charge is -2.21. The van der Waals surface area contributed by atoms with E-state index in [0.717, 1.165) is 12.2 Å². The lowest BCUT2D eigenvalue weighted by molar-refractivity contribution is 0.282. The van der Waals surface area contributed by atoms with Gasteiger partial charge >= 0.3 is 0 Å². The average Bonchev–Trinajstić information content (AvgIpc) is 2.46. The first kappa shape index (κ1) is 14.8. The van der Waals surface area contributed by atoms with Crippen LogP contribution < -0.4 is 4.72 Å². The third-order valence-corrected chi connectivity index (χ3v) is 6.03. The van der Waals surface area contributed by atoms with Gasteiger partial charge in [0.15, 0.2) is 0 Å². The maximum absolute atomic E-state index is 12.1. The fraction of sp³-hybridized carbons (Fsp3) is 0.538. The van der Waals surface area contributed by atoms with Crippen LogP contribution in [0.15, 0.2) is 29.2 Å². The van der Waals surface area contributed by atoms with Gasteiger partial charge in [-0.25, -0.2) is 13.1 Å². The molecule has 1 fully saturated rings. The van der Waals surface area contributed by atoms with Crippen LogP contribution in [-0.2, 0) is 16.6 Å². The summed E-state index contributed by atoms with van der Waals surface area (Å²) in [4.78, 5) is 0.255. The fourth-order valence-corrected chi connectivity index (χ4v) is 4.45. The molecule has 2 rings (SSSR count). The maximum Gasteiger partial charge on any atom is 0.240 e. The van der Waals surface area contributed by atoms with E-state index in [4.69, 9.17) is 5.11 Å². The van der Waals surface area contributed by atoms with Crippen molar-refractivity contribution in [3.8, 4) is 0 Å². The Morgan fingerprint density at radius 1 is 1.26 bits per heavy atom. The van der Waals surface area contributed by atoms with E-state index in [1.807, 2.05) is 11.8 Å². The molecule has 0 spiro atoms. The summed E-state index contributed by atoms with van der Waals surface area (Å²) < 4.78 is 26.9. The quantitative estimate of drug-likeness (QED) is 0.869. The zero-order valence-corrected chi connectivity index (χ0v) is 12.3. The predicted octanol–water partition coefficient (Wildman–Crippen LogP) is 1.74. The molecule has 6 heteroatoms. The lowest BCUT2D eigenvalue weighted by Crippen LogP contribution is -2.31. The Hall–Kier alpha value is -0.560. The number of hydrogen-bond donors (Lipinski definition) is 2. The number of hydrogen-bond acceptors (Lipinski definition) is 4. The Bertz CT molecular complexity index is 493. The minimum atomic E-state index is -3.43. The highest BCUT2D eigenvalue weighted by Crippen LogP contribution is 2.24. The van der Waals surface area contributed by atoms with Crippen LogP contribution in [0.5, 0.6) is 0 Å². The van der Waals surface area contributed by atoms with E-state index in [1.165, 1.54) is 25.0 Å². The van der Waals surface area contributed by atoms with Crippen molar-refractivity contribution >= 4 is 21.8 Å². The van der Waals surface area contributed by atoms with E-state index >= 15 is 0 Å². The molecule has 1 aromatic rings. The Labute approximate surface area is 118 Å². The van der Waals surface area contributed by atoms with Crippen LogP contribution in [0.2, 0.25) is 0 Å². The predicted molar refractivity (Wildman–Crippen MR) is 77.7 cm³/mol. The molecule has 0 saturated carbocycles. The van der Waals surface area contributed by atoms with E-state index in [9.17, 15) is 8.42 Å². The zero-order chi connectivity index (χ0) is 13.7. The molecule has 1 aliphatic heterocycles. The smallest absolute Gasteiger partial charge is 0.240 e. The van der Waals surface area contributed by atoms with Crippen LogP contribution in [0, 0.1) is 0 Å². The first-order valence-electron chi connectivity index (χ1n) is 6.43. The lowest BCUT2D eigenvalue weighted by atomic mass is 10.2. The van der Waals surface area contributed by atoms with Gasteiger partial charge in [-0.3, -0.25) is 0 Å². The van der Waals surface area contributed by atoms with Gasteiger partial charge in [0.2, 0.25) is 10.0 Å². The highest BCUT2D eigenvalue weighted by Gasteiger charge is 2.18. The van der Waals surface area contributed by atoms with Gasteiger partial charge in [0, 0.05) is 11.8 Å². The molecule has 0 aromatic heterocycles. The first-order valence-corrected chi connectivity index (χ1v) is 8.96. The molecule has 0 aliphatic carbocycles. The van der Waals surface area contributed by atoms with Gasteiger partial charge in [0.05, 0.1) is 11.5 Å². The molecule has 0 amide bonds. The highest BCUT2D eigenvalue weighted by molar-refractivity contribution is 8.00. The molecular formula is C13H19NO3S2. The third kappa shape index (κ3) is 4.21. The van der Waals surface area contributed by atoms with Crippen LogP contribution in [0.1, 0.15) is 24.8 Å². The Morgan fingerprint density at radius 3 is 2.58 bits per heavy atom. The molecule has 1 aromatic carbocycles. The normalized spacial score (nSPS) is 20.4. The molecule has 1 unspecified atom stereocenters. The summed E-state index contributed by atoms with van der Waals surface area (Å²) in [6.45, 7) is 0.418. The minimum absolute atomic E-state index is 0.0769. The van der Waals surface area contributed by atoms with Gasteiger partial charge < -0.3 is 5.11 Å². The van der Waals surface area contributed by atoms with Crippen molar-refractivity contribution in [1.82, 2.24) is 4.72 Å². The summed E-state index contributed by atoms with van der Waals surface area (Å²) in [6, 6.07) is 6.32. The molecule has 19 heavy (non-hydrogen) atoms. The van der Waals surface area contributed by atoms with Crippen LogP contribution >= 0.6 is 11.8 Å². The number of rotatable bonds is 5. The molecule has 106 valence electrons. The molecule has 1 atom stereocenters. The van der Waals surface area contributed by atoms with E-state index in [0.29, 0.717) is 17.4 Å². The van der Waals surface area contributed by atoms with Gasteiger partial charge in [-0.1, -0.05) is 18.6 Å². The molecule has 0 bridgehead atoms. The van der Waals surface area contributed by atoms with Gasteiger partial charge in [0.1, 0.15) is 0 Å². The van der Waals surface area contributed by atoms with Crippen molar-refractivity contribution in [2.24, 2.45) is 0 Å². The SMILES string of the molecule is O=S(=O)(NCC1CCCCS1)c1ccc(CO)cc1. The van der Waals surface area contributed by atoms with Crippen molar-refractivity contribution in [2.45, 2.75) is 36.0 Å². The molecule has 0 radical (unpaired) electrons. The summed E-state index contributed by atoms with van der Waals surface area (Å²) >= 11 is 1.85. The summed E-state index contributed by atoms with van der Waals surface area (Å²) in [5.74, 6) is 1.12. The largest absolute Gasteiger partial charge is 0.392 e. The summed E-state index contributed by atoms with van der Waals surface area (Å²) in [7, 11) is -3.43. The Balaban J connectivity index is 1.96. The molecular weight excluding hydrogens is 282 g/mol. The number of aliphatic hydroxyl groups is 1. The molecule has 4 nitrogen and oxygen atoms in total. The summed E-state index contributed by atoms with van der Waals surface area (Å²) in [6.07, 6.45) is 3.50. The van der Waals surface area contributed by atoms with E-state index in [2.05, 4.69) is 4.72 Å². The third-order valence-electron chi connectivity index (χ3n) is 3.19. The summed E-state index contributed by atoms with van der Waals surface area (Å²) in [5, 5.41) is 9.33. The van der Waals surface area contributed by atoms with Crippen molar-refractivity contribution in [3.63, 3.8) is 0 Å². The number of benzene rings is 1. The van der Waals surface area contributed by atoms with Crippen LogP contribution in [0.25, 0.3) is 0 Å². The van der Waals surface area contributed by atoms with Crippen molar-refractivity contribution < 1.29 is 13.5 Å². The zero-order valence-electron chi connectivity index (χ0n) is 10.7. The highest BCUT2D eigenvalue weighted by atomic mass is 32.2. The minimum Gasteiger partial charge on any atom is -0.392 e. The number of sulfonamides is 1. The standard InChI is InChI=1S/C13H19NO3S2/c15-10-11-4-6-13(7-5-11)19(16,17)14-9-12-3-1-2-8-18-12/h4-7,12,14-15H,1-3,8-10H2. The second-order valence-electron chi connectivity index (χ2n) is 4.64.